The summed E-state index contributed by atoms with van der Waals surface area (Å²) in [5, 5.41) is 0. The Morgan fingerprint density at radius 3 is 2.79 bits per heavy atom. The van der Waals surface area contributed by atoms with E-state index in [1.54, 1.807) is 36.2 Å². The molecule has 100 valence electrons. The number of hydrogen-bond acceptors (Lipinski definition) is 4. The van der Waals surface area contributed by atoms with Gasteiger partial charge in [0.2, 0.25) is 0 Å². The fourth-order valence-corrected chi connectivity index (χ4v) is 1.74. The summed E-state index contributed by atoms with van der Waals surface area (Å²) in [6.45, 7) is 0.346. The van der Waals surface area contributed by atoms with E-state index in [0.717, 1.165) is 0 Å². The van der Waals surface area contributed by atoms with Gasteiger partial charge in [-0.2, -0.15) is 0 Å². The lowest BCUT2D eigenvalue weighted by molar-refractivity contribution is 0.0924. The van der Waals surface area contributed by atoms with Crippen molar-refractivity contribution >= 4 is 11.6 Å². The van der Waals surface area contributed by atoms with Crippen molar-refractivity contribution in [3.8, 4) is 0 Å². The first kappa shape index (κ1) is 13.1. The summed E-state index contributed by atoms with van der Waals surface area (Å²) in [5.74, 6) is 4.87. The highest BCUT2D eigenvalue weighted by Gasteiger charge is 2.12. The molecule has 0 saturated heterocycles. The molecule has 0 aliphatic rings. The van der Waals surface area contributed by atoms with Crippen LogP contribution < -0.4 is 16.2 Å². The van der Waals surface area contributed by atoms with E-state index in [1.165, 1.54) is 12.1 Å². The fraction of sp³-hybridized carbons (Fsp3) is 0.154. The molecule has 0 spiro atoms. The second-order valence-corrected chi connectivity index (χ2v) is 4.05. The Balaban J connectivity index is 2.11. The number of nitrogen functional groups attached to an aromatic ring is 1. The molecule has 19 heavy (non-hydrogen) atoms. The van der Waals surface area contributed by atoms with Crippen LogP contribution in [0.1, 0.15) is 16.3 Å². The third-order valence-electron chi connectivity index (χ3n) is 2.67. The van der Waals surface area contributed by atoms with Crippen LogP contribution in [0.15, 0.2) is 40.8 Å². The number of nitrogens with one attached hydrogen (secondary N) is 1. The number of benzene rings is 1. The predicted octanol–water partition coefficient (Wildman–Crippen LogP) is 1.66. The molecular formula is C13H14FN3O2. The molecule has 0 radical (unpaired) electrons. The number of hydrogen-bond donors (Lipinski definition) is 2. The largest absolute Gasteiger partial charge is 0.454 e. The number of carbonyl (C=O) groups is 1. The molecule has 1 aromatic heterocycles. The molecule has 1 heterocycles. The maximum absolute atomic E-state index is 13.6. The Morgan fingerprint density at radius 1 is 1.37 bits per heavy atom. The van der Waals surface area contributed by atoms with Crippen molar-refractivity contribution in [2.75, 3.05) is 11.9 Å². The van der Waals surface area contributed by atoms with Gasteiger partial charge in [-0.1, -0.05) is 12.1 Å². The van der Waals surface area contributed by atoms with Crippen LogP contribution in [0.5, 0.6) is 0 Å². The van der Waals surface area contributed by atoms with E-state index in [0.29, 0.717) is 18.0 Å². The molecule has 0 unspecified atom stereocenters. The quantitative estimate of drug-likeness (QED) is 0.500. The number of nitrogens with two attached hydrogens (primary N) is 1. The predicted molar refractivity (Wildman–Crippen MR) is 68.9 cm³/mol. The normalized spacial score (nSPS) is 10.3. The van der Waals surface area contributed by atoms with Gasteiger partial charge in [0.25, 0.3) is 0 Å². The number of para-hydroxylation sites is 1. The average Bonchev–Trinajstić information content (AvgIpc) is 2.86. The van der Waals surface area contributed by atoms with Gasteiger partial charge in [0, 0.05) is 7.05 Å². The van der Waals surface area contributed by atoms with Crippen molar-refractivity contribution in [3.63, 3.8) is 0 Å². The molecule has 0 saturated carbocycles. The fourth-order valence-electron chi connectivity index (χ4n) is 1.74. The van der Waals surface area contributed by atoms with Crippen LogP contribution in [-0.4, -0.2) is 13.0 Å². The van der Waals surface area contributed by atoms with Crippen molar-refractivity contribution in [1.82, 2.24) is 5.43 Å². The molecule has 0 aliphatic carbocycles. The molecule has 2 aromatic rings. The number of amides is 1. The number of halogens is 1. The lowest BCUT2D eigenvalue weighted by atomic mass is 10.2. The zero-order valence-electron chi connectivity index (χ0n) is 10.4. The van der Waals surface area contributed by atoms with Crippen molar-refractivity contribution in [1.29, 1.82) is 0 Å². The highest BCUT2D eigenvalue weighted by molar-refractivity contribution is 5.90. The Kier molecular flexibility index (Phi) is 3.82. The first-order valence-corrected chi connectivity index (χ1v) is 5.67. The van der Waals surface area contributed by atoms with Gasteiger partial charge in [0.05, 0.1) is 12.2 Å². The molecule has 0 bridgehead atoms. The van der Waals surface area contributed by atoms with Crippen LogP contribution in [0.3, 0.4) is 0 Å². The van der Waals surface area contributed by atoms with Gasteiger partial charge in [-0.15, -0.1) is 0 Å². The molecule has 1 amide bonds. The minimum Gasteiger partial charge on any atom is -0.454 e. The summed E-state index contributed by atoms with van der Waals surface area (Å²) in [4.78, 5) is 12.9. The summed E-state index contributed by atoms with van der Waals surface area (Å²) < 4.78 is 18.9. The zero-order valence-corrected chi connectivity index (χ0v) is 10.4. The molecule has 1 aromatic carbocycles. The Bertz CT molecular complexity index is 583. The van der Waals surface area contributed by atoms with Crippen molar-refractivity contribution in [2.45, 2.75) is 6.54 Å². The van der Waals surface area contributed by atoms with Crippen molar-refractivity contribution in [2.24, 2.45) is 5.84 Å². The van der Waals surface area contributed by atoms with Crippen LogP contribution in [-0.2, 0) is 6.54 Å². The molecule has 0 fully saturated rings. The smallest absolute Gasteiger partial charge is 0.300 e. The Hall–Kier alpha value is -2.34. The second kappa shape index (κ2) is 5.53. The van der Waals surface area contributed by atoms with Crippen LogP contribution in [0, 0.1) is 5.82 Å². The number of hydrazine groups is 1. The summed E-state index contributed by atoms with van der Waals surface area (Å²) in [5.41, 5.74) is 2.44. The van der Waals surface area contributed by atoms with E-state index in [-0.39, 0.29) is 11.6 Å². The maximum atomic E-state index is 13.6. The van der Waals surface area contributed by atoms with Crippen LogP contribution in [0.2, 0.25) is 0 Å². The number of carbonyl (C=O) groups excluding carboxylic acids is 1. The van der Waals surface area contributed by atoms with Crippen LogP contribution in [0.25, 0.3) is 0 Å². The Labute approximate surface area is 109 Å². The highest BCUT2D eigenvalue weighted by Crippen LogP contribution is 2.20. The first-order chi connectivity index (χ1) is 9.11. The van der Waals surface area contributed by atoms with Gasteiger partial charge >= 0.3 is 5.91 Å². The topological polar surface area (TPSA) is 71.5 Å². The number of rotatable bonds is 4. The van der Waals surface area contributed by atoms with E-state index in [4.69, 9.17) is 10.3 Å². The van der Waals surface area contributed by atoms with E-state index >= 15 is 0 Å². The van der Waals surface area contributed by atoms with Gasteiger partial charge in [-0.05, 0) is 24.3 Å². The van der Waals surface area contributed by atoms with Gasteiger partial charge < -0.3 is 9.32 Å². The van der Waals surface area contributed by atoms with Gasteiger partial charge in [-0.3, -0.25) is 10.2 Å². The molecular weight excluding hydrogens is 249 g/mol. The number of furan rings is 1. The third-order valence-corrected chi connectivity index (χ3v) is 2.67. The average molecular weight is 263 g/mol. The van der Waals surface area contributed by atoms with Gasteiger partial charge in [-0.25, -0.2) is 10.2 Å². The van der Waals surface area contributed by atoms with E-state index in [2.05, 4.69) is 0 Å². The van der Waals surface area contributed by atoms with Crippen molar-refractivity contribution in [3.05, 3.63) is 53.7 Å². The van der Waals surface area contributed by atoms with E-state index < -0.39 is 5.91 Å². The number of nitrogens with zero attached hydrogens (tertiary/aromatic N) is 1. The SMILES string of the molecule is CN(Cc1ccc(C(=O)NN)o1)c1ccccc1F. The summed E-state index contributed by atoms with van der Waals surface area (Å²) in [6.07, 6.45) is 0. The maximum Gasteiger partial charge on any atom is 0.300 e. The second-order valence-electron chi connectivity index (χ2n) is 4.05. The molecule has 2 rings (SSSR count). The minimum absolute atomic E-state index is 0.124. The zero-order chi connectivity index (χ0) is 13.8. The highest BCUT2D eigenvalue weighted by atomic mass is 19.1. The monoisotopic (exact) mass is 263 g/mol. The summed E-state index contributed by atoms with van der Waals surface area (Å²) in [7, 11) is 1.74. The molecule has 0 atom stereocenters. The molecule has 0 aliphatic heterocycles. The lowest BCUT2D eigenvalue weighted by Crippen LogP contribution is -2.29. The standard InChI is InChI=1S/C13H14FN3O2/c1-17(11-5-3-2-4-10(11)14)8-9-6-7-12(19-9)13(18)16-15/h2-7H,8,15H2,1H3,(H,16,18). The summed E-state index contributed by atoms with van der Waals surface area (Å²) in [6, 6.07) is 9.62. The molecule has 5 nitrogen and oxygen atoms in total. The molecule has 3 N–H and O–H groups in total. The van der Waals surface area contributed by atoms with E-state index in [9.17, 15) is 9.18 Å². The first-order valence-electron chi connectivity index (χ1n) is 5.67. The van der Waals surface area contributed by atoms with Crippen molar-refractivity contribution < 1.29 is 13.6 Å². The molecule has 6 heteroatoms. The lowest BCUT2D eigenvalue weighted by Gasteiger charge is -2.18. The van der Waals surface area contributed by atoms with Crippen LogP contribution in [0.4, 0.5) is 10.1 Å². The van der Waals surface area contributed by atoms with Crippen LogP contribution >= 0.6 is 0 Å². The number of anilines is 1. The van der Waals surface area contributed by atoms with Gasteiger partial charge in [0.1, 0.15) is 11.6 Å². The third kappa shape index (κ3) is 2.92. The van der Waals surface area contributed by atoms with Gasteiger partial charge in [0.15, 0.2) is 5.76 Å². The minimum atomic E-state index is -0.500. The summed E-state index contributed by atoms with van der Waals surface area (Å²) >= 11 is 0. The van der Waals surface area contributed by atoms with E-state index in [1.807, 2.05) is 5.43 Å². The Morgan fingerprint density at radius 2 is 2.11 bits per heavy atom.